The molecule has 0 bridgehead atoms. The Morgan fingerprint density at radius 1 is 1.28 bits per heavy atom. The highest BCUT2D eigenvalue weighted by atomic mass is 79.9. The van der Waals surface area contributed by atoms with Gasteiger partial charge in [0.25, 0.3) is 0 Å². The van der Waals surface area contributed by atoms with E-state index in [2.05, 4.69) is 26.2 Å². The number of allylic oxidation sites excluding steroid dienone is 1. The number of rotatable bonds is 5. The average Bonchev–Trinajstić information content (AvgIpc) is 3.35. The summed E-state index contributed by atoms with van der Waals surface area (Å²) in [6.07, 6.45) is 3.88. The number of hydrogen-bond donors (Lipinski definition) is 2. The van der Waals surface area contributed by atoms with Crippen molar-refractivity contribution in [3.05, 3.63) is 61.9 Å². The van der Waals surface area contributed by atoms with Crippen molar-refractivity contribution in [2.75, 3.05) is 7.11 Å². The Hall–Kier alpha value is -2.59. The van der Waals surface area contributed by atoms with Crippen LogP contribution in [0.3, 0.4) is 0 Å². The summed E-state index contributed by atoms with van der Waals surface area (Å²) in [4.78, 5) is 33.4. The molecule has 168 valence electrons. The third kappa shape index (κ3) is 4.33. The number of aliphatic imine (C=N–C) groups is 1. The van der Waals surface area contributed by atoms with Gasteiger partial charge in [0.2, 0.25) is 0 Å². The molecule has 4 rings (SSSR count). The van der Waals surface area contributed by atoms with Crippen LogP contribution in [0.4, 0.5) is 4.39 Å². The third-order valence-electron chi connectivity index (χ3n) is 5.88. The molecule has 2 aromatic rings. The van der Waals surface area contributed by atoms with Gasteiger partial charge in [0.15, 0.2) is 10.8 Å². The lowest BCUT2D eigenvalue weighted by molar-refractivity contribution is -0.143. The number of nitrogens with zero attached hydrogens (tertiary/aromatic N) is 2. The molecule has 1 aliphatic carbocycles. The van der Waals surface area contributed by atoms with Crippen LogP contribution in [0.1, 0.15) is 42.3 Å². The number of carboxylic acids is 1. The van der Waals surface area contributed by atoms with Crippen LogP contribution < -0.4 is 5.32 Å². The quantitative estimate of drug-likeness (QED) is 0.563. The molecule has 1 aromatic heterocycles. The molecular formula is C22H21BrFN3O4S. The van der Waals surface area contributed by atoms with Gasteiger partial charge in [-0.1, -0.05) is 12.1 Å². The van der Waals surface area contributed by atoms with Crippen molar-refractivity contribution in [1.82, 2.24) is 10.3 Å². The van der Waals surface area contributed by atoms with Gasteiger partial charge in [-0.05, 0) is 59.2 Å². The summed E-state index contributed by atoms with van der Waals surface area (Å²) in [5.74, 6) is -1.80. The Labute approximate surface area is 196 Å². The van der Waals surface area contributed by atoms with Crippen molar-refractivity contribution in [1.29, 1.82) is 0 Å². The number of carboxylic acid groups (broad SMARTS) is 1. The van der Waals surface area contributed by atoms with E-state index in [1.165, 1.54) is 24.5 Å². The van der Waals surface area contributed by atoms with Gasteiger partial charge in [-0.25, -0.2) is 14.2 Å². The molecule has 7 nitrogen and oxygen atoms in total. The first-order chi connectivity index (χ1) is 15.4. The fourth-order valence-electron chi connectivity index (χ4n) is 4.26. The van der Waals surface area contributed by atoms with Crippen molar-refractivity contribution in [3.63, 3.8) is 0 Å². The van der Waals surface area contributed by atoms with Crippen LogP contribution in [-0.2, 0) is 14.3 Å². The van der Waals surface area contributed by atoms with E-state index >= 15 is 0 Å². The maximum absolute atomic E-state index is 14.4. The van der Waals surface area contributed by atoms with Gasteiger partial charge in [-0.3, -0.25) is 9.79 Å². The van der Waals surface area contributed by atoms with Crippen LogP contribution in [0.5, 0.6) is 0 Å². The number of hydrogen-bond acceptors (Lipinski definition) is 7. The summed E-state index contributed by atoms with van der Waals surface area (Å²) < 4.78 is 19.7. The third-order valence-corrected chi connectivity index (χ3v) is 7.49. The topological polar surface area (TPSA) is 101 Å². The number of thiazole rings is 1. The van der Waals surface area contributed by atoms with Crippen molar-refractivity contribution in [2.24, 2.45) is 16.8 Å². The number of aromatic nitrogens is 1. The molecule has 32 heavy (non-hydrogen) atoms. The number of esters is 1. The first-order valence-corrected chi connectivity index (χ1v) is 11.8. The zero-order valence-corrected chi connectivity index (χ0v) is 19.6. The smallest absolute Gasteiger partial charge is 0.338 e. The molecule has 0 saturated heterocycles. The number of aliphatic carboxylic acids is 1. The largest absolute Gasteiger partial charge is 0.481 e. The summed E-state index contributed by atoms with van der Waals surface area (Å²) in [5, 5.41) is 15.1. The van der Waals surface area contributed by atoms with Crippen molar-refractivity contribution in [3.8, 4) is 0 Å². The first-order valence-electron chi connectivity index (χ1n) is 10.1. The van der Waals surface area contributed by atoms with Gasteiger partial charge in [0.1, 0.15) is 11.9 Å². The van der Waals surface area contributed by atoms with Crippen molar-refractivity contribution < 1.29 is 23.8 Å². The highest BCUT2D eigenvalue weighted by Crippen LogP contribution is 2.42. The predicted molar refractivity (Wildman–Crippen MR) is 121 cm³/mol. The Morgan fingerprint density at radius 2 is 2.03 bits per heavy atom. The van der Waals surface area contributed by atoms with Gasteiger partial charge in [0, 0.05) is 17.3 Å². The van der Waals surface area contributed by atoms with Crippen LogP contribution in [0.2, 0.25) is 0 Å². The number of nitrogens with one attached hydrogen (secondary N) is 1. The lowest BCUT2D eigenvalue weighted by Gasteiger charge is -2.34. The van der Waals surface area contributed by atoms with Crippen LogP contribution in [0.25, 0.3) is 0 Å². The molecule has 1 saturated carbocycles. The number of amidine groups is 1. The SMILES string of the molecule is COC(=O)C1=C(C2CCC(C(=O)O)CC2)NC(c2nccs2)=NC1c1cccc(F)c1Br. The minimum absolute atomic E-state index is 0.0833. The van der Waals surface area contributed by atoms with E-state index < -0.39 is 29.7 Å². The maximum atomic E-state index is 14.4. The first kappa shape index (κ1) is 22.6. The molecule has 1 aliphatic heterocycles. The summed E-state index contributed by atoms with van der Waals surface area (Å²) >= 11 is 4.70. The molecule has 10 heteroatoms. The molecule has 2 aliphatic rings. The molecule has 0 radical (unpaired) electrons. The molecule has 1 atom stereocenters. The summed E-state index contributed by atoms with van der Waals surface area (Å²) in [6, 6.07) is 3.81. The molecule has 1 fully saturated rings. The lowest BCUT2D eigenvalue weighted by atomic mass is 9.78. The number of ether oxygens (including phenoxy) is 1. The fourth-order valence-corrected chi connectivity index (χ4v) is 5.33. The van der Waals surface area contributed by atoms with Crippen molar-refractivity contribution >= 4 is 45.0 Å². The van der Waals surface area contributed by atoms with Gasteiger partial charge < -0.3 is 15.2 Å². The van der Waals surface area contributed by atoms with E-state index in [9.17, 15) is 19.1 Å². The number of halogens is 2. The van der Waals surface area contributed by atoms with Crippen LogP contribution >= 0.6 is 27.3 Å². The average molecular weight is 522 g/mol. The molecule has 2 N–H and O–H groups in total. The molecule has 1 aromatic carbocycles. The summed E-state index contributed by atoms with van der Waals surface area (Å²) in [5.41, 5.74) is 1.44. The van der Waals surface area contributed by atoms with E-state index in [1.807, 2.05) is 5.38 Å². The zero-order chi connectivity index (χ0) is 22.8. The zero-order valence-electron chi connectivity index (χ0n) is 17.2. The minimum atomic E-state index is -0.806. The Bertz CT molecular complexity index is 1090. The normalized spacial score (nSPS) is 23.3. The fraction of sp³-hybridized carbons (Fsp3) is 0.364. The highest BCUT2D eigenvalue weighted by Gasteiger charge is 2.38. The minimum Gasteiger partial charge on any atom is -0.481 e. The molecule has 2 heterocycles. The Morgan fingerprint density at radius 3 is 2.66 bits per heavy atom. The van der Waals surface area contributed by atoms with Crippen molar-refractivity contribution in [2.45, 2.75) is 31.7 Å². The van der Waals surface area contributed by atoms with Gasteiger partial charge in [-0.15, -0.1) is 11.3 Å². The Balaban J connectivity index is 1.83. The van der Waals surface area contributed by atoms with Gasteiger partial charge in [0.05, 0.1) is 23.1 Å². The number of carbonyl (C=O) groups is 2. The van der Waals surface area contributed by atoms with Crippen LogP contribution in [0, 0.1) is 17.7 Å². The molecular weight excluding hydrogens is 501 g/mol. The summed E-state index contributed by atoms with van der Waals surface area (Å²) in [7, 11) is 1.30. The summed E-state index contributed by atoms with van der Waals surface area (Å²) in [6.45, 7) is 0. The number of benzene rings is 1. The van der Waals surface area contributed by atoms with E-state index in [0.717, 1.165) is 0 Å². The number of methoxy groups -OCH3 is 1. The van der Waals surface area contributed by atoms with Crippen LogP contribution in [0.15, 0.2) is 50.5 Å². The van der Waals surface area contributed by atoms with E-state index in [4.69, 9.17) is 9.73 Å². The number of carbonyl (C=O) groups excluding carboxylic acids is 1. The molecule has 0 spiro atoms. The second kappa shape index (κ2) is 9.50. The van der Waals surface area contributed by atoms with E-state index in [-0.39, 0.29) is 10.4 Å². The lowest BCUT2D eigenvalue weighted by Crippen LogP contribution is -2.38. The maximum Gasteiger partial charge on any atom is 0.338 e. The van der Waals surface area contributed by atoms with Gasteiger partial charge >= 0.3 is 11.9 Å². The predicted octanol–water partition coefficient (Wildman–Crippen LogP) is 4.45. The molecule has 0 amide bonds. The van der Waals surface area contributed by atoms with Gasteiger partial charge in [-0.2, -0.15) is 0 Å². The second-order valence-electron chi connectivity index (χ2n) is 7.69. The van der Waals surface area contributed by atoms with E-state index in [0.29, 0.717) is 53.4 Å². The Kier molecular flexibility index (Phi) is 6.71. The molecule has 1 unspecified atom stereocenters. The van der Waals surface area contributed by atoms with E-state index in [1.54, 1.807) is 18.3 Å². The highest BCUT2D eigenvalue weighted by molar-refractivity contribution is 9.10. The standard InChI is InChI=1S/C22H21BrFN3O4S/c1-31-22(30)15-17(11-5-7-12(8-6-11)21(28)29)26-19(20-25-9-10-32-20)27-18(15)13-3-2-4-14(24)16(13)23/h2-4,9-12,18H,5-8H2,1H3,(H,26,27)(H,28,29). The van der Waals surface area contributed by atoms with Crippen LogP contribution in [-0.4, -0.2) is 35.0 Å². The monoisotopic (exact) mass is 521 g/mol. The second-order valence-corrected chi connectivity index (χ2v) is 9.38.